The third kappa shape index (κ3) is 2.67. The largest absolute Gasteiger partial charge is 0.309 e. The summed E-state index contributed by atoms with van der Waals surface area (Å²) >= 11 is 0. The van der Waals surface area contributed by atoms with Crippen molar-refractivity contribution in [3.63, 3.8) is 0 Å². The maximum Gasteiger partial charge on any atom is 0.0541 e. The van der Waals surface area contributed by atoms with Gasteiger partial charge in [-0.1, -0.05) is 78.9 Å². The van der Waals surface area contributed by atoms with Crippen LogP contribution in [0.4, 0.5) is 0 Å². The highest BCUT2D eigenvalue weighted by Gasteiger charge is 2.20. The summed E-state index contributed by atoms with van der Waals surface area (Å²) in [6.45, 7) is 4.53. The molecule has 1 heterocycles. The molecule has 162 valence electrons. The Morgan fingerprint density at radius 1 is 0.529 bits per heavy atom. The zero-order valence-electron chi connectivity index (χ0n) is 19.5. The summed E-state index contributed by atoms with van der Waals surface area (Å²) < 4.78 is 2.43. The SMILES string of the molecule is Cc1c(-c2ccc3c(c2)-c2ccccc2C3)ccc(-n2c3ccccc3c3ccccc32)c1C. The first-order chi connectivity index (χ1) is 16.7. The van der Waals surface area contributed by atoms with Crippen LogP contribution >= 0.6 is 0 Å². The third-order valence-electron chi connectivity index (χ3n) is 7.69. The van der Waals surface area contributed by atoms with Crippen molar-refractivity contribution in [3.8, 4) is 27.9 Å². The first-order valence-corrected chi connectivity index (χ1v) is 12.0. The third-order valence-corrected chi connectivity index (χ3v) is 7.69. The van der Waals surface area contributed by atoms with E-state index in [0.29, 0.717) is 0 Å². The number of hydrogen-bond donors (Lipinski definition) is 0. The Bertz CT molecular complexity index is 1700. The van der Waals surface area contributed by atoms with E-state index in [2.05, 4.69) is 122 Å². The number of aromatic nitrogens is 1. The topological polar surface area (TPSA) is 4.93 Å². The van der Waals surface area contributed by atoms with E-state index in [-0.39, 0.29) is 0 Å². The quantitative estimate of drug-likeness (QED) is 0.256. The molecular formula is C33H25N. The first kappa shape index (κ1) is 19.4. The van der Waals surface area contributed by atoms with E-state index in [1.807, 2.05) is 0 Å². The summed E-state index contributed by atoms with van der Waals surface area (Å²) in [5.41, 5.74) is 14.7. The highest BCUT2D eigenvalue weighted by molar-refractivity contribution is 6.09. The van der Waals surface area contributed by atoms with Gasteiger partial charge in [-0.3, -0.25) is 0 Å². The number of para-hydroxylation sites is 2. The van der Waals surface area contributed by atoms with Gasteiger partial charge in [0.15, 0.2) is 0 Å². The van der Waals surface area contributed by atoms with Crippen LogP contribution in [0.2, 0.25) is 0 Å². The molecular weight excluding hydrogens is 410 g/mol. The Labute approximate surface area is 199 Å². The van der Waals surface area contributed by atoms with E-state index < -0.39 is 0 Å². The molecule has 0 atom stereocenters. The Morgan fingerprint density at radius 3 is 1.94 bits per heavy atom. The molecule has 0 aliphatic heterocycles. The van der Waals surface area contributed by atoms with Gasteiger partial charge in [-0.2, -0.15) is 0 Å². The molecule has 0 spiro atoms. The average Bonchev–Trinajstić information content (AvgIpc) is 3.41. The van der Waals surface area contributed by atoms with Crippen LogP contribution in [-0.4, -0.2) is 4.57 Å². The van der Waals surface area contributed by atoms with Crippen LogP contribution in [0, 0.1) is 13.8 Å². The summed E-state index contributed by atoms with van der Waals surface area (Å²) in [4.78, 5) is 0. The van der Waals surface area contributed by atoms with Gasteiger partial charge in [0.2, 0.25) is 0 Å². The van der Waals surface area contributed by atoms with Crippen LogP contribution in [0.15, 0.2) is 103 Å². The molecule has 0 unspecified atom stereocenters. The maximum absolute atomic E-state index is 2.43. The summed E-state index contributed by atoms with van der Waals surface area (Å²) in [6.07, 6.45) is 1.04. The molecule has 1 heteroatoms. The molecule has 1 aromatic heterocycles. The second kappa shape index (κ2) is 7.20. The molecule has 34 heavy (non-hydrogen) atoms. The lowest BCUT2D eigenvalue weighted by molar-refractivity contribution is 1.13. The van der Waals surface area contributed by atoms with Gasteiger partial charge in [0, 0.05) is 16.5 Å². The van der Waals surface area contributed by atoms with E-state index in [1.165, 1.54) is 72.0 Å². The van der Waals surface area contributed by atoms with Crippen molar-refractivity contribution >= 4 is 21.8 Å². The Balaban J connectivity index is 1.42. The number of hydrogen-bond acceptors (Lipinski definition) is 0. The second-order valence-corrected chi connectivity index (χ2v) is 9.46. The lowest BCUT2D eigenvalue weighted by atomic mass is 9.93. The van der Waals surface area contributed by atoms with Gasteiger partial charge in [-0.15, -0.1) is 0 Å². The van der Waals surface area contributed by atoms with Crippen LogP contribution in [0.25, 0.3) is 49.7 Å². The number of rotatable bonds is 2. The van der Waals surface area contributed by atoms with E-state index in [9.17, 15) is 0 Å². The molecule has 1 aliphatic rings. The van der Waals surface area contributed by atoms with E-state index in [4.69, 9.17) is 0 Å². The van der Waals surface area contributed by atoms with Gasteiger partial charge in [-0.05, 0) is 89.0 Å². The molecule has 7 rings (SSSR count). The number of fused-ring (bicyclic) bond motifs is 6. The molecule has 5 aromatic carbocycles. The van der Waals surface area contributed by atoms with Crippen molar-refractivity contribution in [1.29, 1.82) is 0 Å². The molecule has 0 N–H and O–H groups in total. The molecule has 0 amide bonds. The fourth-order valence-electron chi connectivity index (χ4n) is 5.83. The highest BCUT2D eigenvalue weighted by atomic mass is 15.0. The minimum atomic E-state index is 1.04. The normalized spacial score (nSPS) is 12.3. The molecule has 0 bridgehead atoms. The smallest absolute Gasteiger partial charge is 0.0541 e. The Kier molecular flexibility index (Phi) is 4.10. The van der Waals surface area contributed by atoms with Gasteiger partial charge < -0.3 is 4.57 Å². The van der Waals surface area contributed by atoms with Crippen molar-refractivity contribution in [3.05, 3.63) is 125 Å². The van der Waals surface area contributed by atoms with Gasteiger partial charge in [0.1, 0.15) is 0 Å². The minimum absolute atomic E-state index is 1.04. The van der Waals surface area contributed by atoms with E-state index in [1.54, 1.807) is 0 Å². The minimum Gasteiger partial charge on any atom is -0.309 e. The fourth-order valence-corrected chi connectivity index (χ4v) is 5.83. The fraction of sp³-hybridized carbons (Fsp3) is 0.0909. The van der Waals surface area contributed by atoms with Crippen LogP contribution < -0.4 is 0 Å². The number of benzene rings is 5. The zero-order valence-corrected chi connectivity index (χ0v) is 19.5. The maximum atomic E-state index is 2.43. The van der Waals surface area contributed by atoms with Crippen LogP contribution in [0.5, 0.6) is 0 Å². The average molecular weight is 436 g/mol. The number of nitrogens with zero attached hydrogens (tertiary/aromatic N) is 1. The van der Waals surface area contributed by atoms with Crippen LogP contribution in [0.3, 0.4) is 0 Å². The van der Waals surface area contributed by atoms with Crippen LogP contribution in [0.1, 0.15) is 22.3 Å². The molecule has 0 saturated heterocycles. The summed E-state index contributed by atoms with van der Waals surface area (Å²) in [5.74, 6) is 0. The molecule has 0 fully saturated rings. The lowest BCUT2D eigenvalue weighted by Gasteiger charge is -2.17. The first-order valence-electron chi connectivity index (χ1n) is 12.0. The summed E-state index contributed by atoms with van der Waals surface area (Å²) in [7, 11) is 0. The van der Waals surface area contributed by atoms with Crippen molar-refractivity contribution in [2.24, 2.45) is 0 Å². The molecule has 1 nitrogen and oxygen atoms in total. The molecule has 0 saturated carbocycles. The summed E-state index contributed by atoms with van der Waals surface area (Å²) in [5, 5.41) is 2.60. The van der Waals surface area contributed by atoms with E-state index >= 15 is 0 Å². The second-order valence-electron chi connectivity index (χ2n) is 9.46. The van der Waals surface area contributed by atoms with Crippen molar-refractivity contribution in [1.82, 2.24) is 4.57 Å². The van der Waals surface area contributed by atoms with E-state index in [0.717, 1.165) is 6.42 Å². The predicted molar refractivity (Wildman–Crippen MR) is 144 cm³/mol. The van der Waals surface area contributed by atoms with Crippen molar-refractivity contribution in [2.75, 3.05) is 0 Å². The monoisotopic (exact) mass is 435 g/mol. The standard InChI is InChI=1S/C33H25N/c1-21-22(2)31(34-32-13-7-5-11-28(32)29-12-6-8-14-33(29)34)18-17-26(21)25-16-15-24-19-23-9-3-4-10-27(23)30(24)20-25/h3-18,20H,19H2,1-2H3. The predicted octanol–water partition coefficient (Wildman–Crippen LogP) is 8.64. The van der Waals surface area contributed by atoms with Crippen molar-refractivity contribution in [2.45, 2.75) is 20.3 Å². The zero-order chi connectivity index (χ0) is 22.8. The molecule has 1 aliphatic carbocycles. The lowest BCUT2D eigenvalue weighted by Crippen LogP contribution is -2.00. The Morgan fingerprint density at radius 2 is 1.18 bits per heavy atom. The van der Waals surface area contributed by atoms with Gasteiger partial charge >= 0.3 is 0 Å². The van der Waals surface area contributed by atoms with Gasteiger partial charge in [0.25, 0.3) is 0 Å². The Hall–Kier alpha value is -4.10. The van der Waals surface area contributed by atoms with Crippen LogP contribution in [-0.2, 0) is 6.42 Å². The summed E-state index contributed by atoms with van der Waals surface area (Å²) in [6, 6.07) is 37.9. The van der Waals surface area contributed by atoms with Gasteiger partial charge in [0.05, 0.1) is 11.0 Å². The molecule has 6 aromatic rings. The van der Waals surface area contributed by atoms with Crippen molar-refractivity contribution < 1.29 is 0 Å². The highest BCUT2D eigenvalue weighted by Crippen LogP contribution is 2.40. The van der Waals surface area contributed by atoms with Gasteiger partial charge in [-0.25, -0.2) is 0 Å². The molecule has 0 radical (unpaired) electrons.